The number of ether oxygens (including phenoxy) is 1. The highest BCUT2D eigenvalue weighted by molar-refractivity contribution is 7.80. The van der Waals surface area contributed by atoms with E-state index < -0.39 is 0 Å². The zero-order chi connectivity index (χ0) is 22.8. The fraction of sp³-hybridized carbons (Fsp3) is 0.192. The Morgan fingerprint density at radius 3 is 2.55 bits per heavy atom. The van der Waals surface area contributed by atoms with E-state index in [1.54, 1.807) is 13.3 Å². The van der Waals surface area contributed by atoms with Gasteiger partial charge in [-0.3, -0.25) is 9.97 Å². The molecule has 0 bridgehead atoms. The third-order valence-electron chi connectivity index (χ3n) is 6.01. The molecule has 4 aromatic rings. The van der Waals surface area contributed by atoms with Crippen molar-refractivity contribution in [1.82, 2.24) is 24.8 Å². The Balaban J connectivity index is 1.62. The molecule has 1 aliphatic rings. The summed E-state index contributed by atoms with van der Waals surface area (Å²) < 4.78 is 7.64. The van der Waals surface area contributed by atoms with Crippen LogP contribution in [0.3, 0.4) is 0 Å². The highest BCUT2D eigenvalue weighted by Gasteiger charge is 2.41. The van der Waals surface area contributed by atoms with Crippen LogP contribution in [0, 0.1) is 6.92 Å². The maximum absolute atomic E-state index is 5.83. The summed E-state index contributed by atoms with van der Waals surface area (Å²) in [5.41, 5.74) is 5.43. The van der Waals surface area contributed by atoms with E-state index in [1.807, 2.05) is 48.8 Å². The molecule has 1 aliphatic heterocycles. The van der Waals surface area contributed by atoms with Gasteiger partial charge in [-0.1, -0.05) is 12.1 Å². The van der Waals surface area contributed by atoms with Crippen LogP contribution in [0.15, 0.2) is 85.3 Å². The molecular formula is C26H25N5OS. The van der Waals surface area contributed by atoms with Crippen LogP contribution in [0.1, 0.15) is 34.7 Å². The van der Waals surface area contributed by atoms with Crippen molar-refractivity contribution in [2.75, 3.05) is 7.11 Å². The molecule has 0 amide bonds. The summed E-state index contributed by atoms with van der Waals surface area (Å²) in [6, 6.07) is 22.4. The molecule has 7 heteroatoms. The van der Waals surface area contributed by atoms with E-state index >= 15 is 0 Å². The summed E-state index contributed by atoms with van der Waals surface area (Å²) >= 11 is 5.83. The van der Waals surface area contributed by atoms with Crippen molar-refractivity contribution in [1.29, 1.82) is 0 Å². The molecule has 33 heavy (non-hydrogen) atoms. The molecule has 4 heterocycles. The Kier molecular flexibility index (Phi) is 5.79. The van der Waals surface area contributed by atoms with Crippen molar-refractivity contribution in [3.8, 4) is 11.4 Å². The number of benzene rings is 1. The minimum atomic E-state index is -0.0818. The molecule has 0 radical (unpaired) electrons. The third-order valence-corrected chi connectivity index (χ3v) is 6.37. The number of hydrogen-bond acceptors (Lipinski definition) is 4. The lowest BCUT2D eigenvalue weighted by Gasteiger charge is -2.29. The summed E-state index contributed by atoms with van der Waals surface area (Å²) in [6.07, 6.45) is 5.51. The predicted molar refractivity (Wildman–Crippen MR) is 132 cm³/mol. The van der Waals surface area contributed by atoms with Crippen molar-refractivity contribution in [3.05, 3.63) is 108 Å². The number of hydrogen-bond donors (Lipinski definition) is 1. The van der Waals surface area contributed by atoms with E-state index in [9.17, 15) is 0 Å². The predicted octanol–water partition coefficient (Wildman–Crippen LogP) is 4.76. The van der Waals surface area contributed by atoms with E-state index in [-0.39, 0.29) is 12.1 Å². The second kappa shape index (κ2) is 9.03. The van der Waals surface area contributed by atoms with Crippen LogP contribution >= 0.6 is 12.2 Å². The van der Waals surface area contributed by atoms with Gasteiger partial charge >= 0.3 is 0 Å². The van der Waals surface area contributed by atoms with Gasteiger partial charge in [0.1, 0.15) is 5.75 Å². The number of thiocarbonyl (C=S) groups is 1. The van der Waals surface area contributed by atoms with E-state index in [1.165, 1.54) is 0 Å². The Morgan fingerprint density at radius 2 is 1.85 bits per heavy atom. The average molecular weight is 456 g/mol. The molecule has 2 unspecified atom stereocenters. The monoisotopic (exact) mass is 455 g/mol. The molecule has 5 rings (SSSR count). The van der Waals surface area contributed by atoms with Gasteiger partial charge in [0, 0.05) is 42.2 Å². The Labute approximate surface area is 198 Å². The first kappa shape index (κ1) is 21.2. The molecule has 1 N–H and O–H groups in total. The van der Waals surface area contributed by atoms with Crippen LogP contribution in [-0.4, -0.2) is 31.7 Å². The highest BCUT2D eigenvalue weighted by Crippen LogP contribution is 2.41. The summed E-state index contributed by atoms with van der Waals surface area (Å²) in [5.74, 6) is 0.832. The van der Waals surface area contributed by atoms with Gasteiger partial charge in [0.25, 0.3) is 0 Å². The molecule has 0 spiro atoms. The molecule has 0 aliphatic carbocycles. The van der Waals surface area contributed by atoms with Gasteiger partial charge in [0.15, 0.2) is 5.11 Å². The van der Waals surface area contributed by atoms with Crippen molar-refractivity contribution in [2.45, 2.75) is 25.6 Å². The normalized spacial score (nSPS) is 17.8. The lowest BCUT2D eigenvalue weighted by Crippen LogP contribution is -2.30. The molecule has 3 aromatic heterocycles. The zero-order valence-corrected chi connectivity index (χ0v) is 19.4. The molecule has 2 atom stereocenters. The molecule has 1 saturated heterocycles. The second-order valence-electron chi connectivity index (χ2n) is 8.05. The Hall–Kier alpha value is -3.71. The van der Waals surface area contributed by atoms with Gasteiger partial charge in [-0.15, -0.1) is 0 Å². The number of nitrogens with one attached hydrogen (secondary N) is 1. The van der Waals surface area contributed by atoms with Crippen LogP contribution in [0.2, 0.25) is 0 Å². The summed E-state index contributed by atoms with van der Waals surface area (Å²) in [7, 11) is 1.68. The maximum atomic E-state index is 5.83. The SMILES string of the molecule is COc1ccc(-n2c(C)ccc2C2C(c3ccccn3)NC(=S)N2Cc2cccnc2)cc1. The lowest BCUT2D eigenvalue weighted by atomic mass is 10.0. The first-order chi connectivity index (χ1) is 16.2. The van der Waals surface area contributed by atoms with Crippen LogP contribution in [0.25, 0.3) is 5.69 Å². The topological polar surface area (TPSA) is 55.2 Å². The van der Waals surface area contributed by atoms with Crippen molar-refractivity contribution < 1.29 is 4.74 Å². The second-order valence-corrected chi connectivity index (χ2v) is 8.44. The van der Waals surface area contributed by atoms with Gasteiger partial charge in [-0.05, 0) is 79.3 Å². The Morgan fingerprint density at radius 1 is 1.00 bits per heavy atom. The number of rotatable bonds is 6. The largest absolute Gasteiger partial charge is 0.497 e. The minimum absolute atomic E-state index is 0.0524. The van der Waals surface area contributed by atoms with Gasteiger partial charge in [0.05, 0.1) is 24.9 Å². The molecule has 166 valence electrons. The third kappa shape index (κ3) is 4.07. The fourth-order valence-electron chi connectivity index (χ4n) is 4.46. The van der Waals surface area contributed by atoms with E-state index in [4.69, 9.17) is 17.0 Å². The van der Waals surface area contributed by atoms with Crippen molar-refractivity contribution >= 4 is 17.3 Å². The van der Waals surface area contributed by atoms with Crippen LogP contribution in [0.4, 0.5) is 0 Å². The molecule has 0 saturated carbocycles. The van der Waals surface area contributed by atoms with E-state index in [0.29, 0.717) is 11.7 Å². The average Bonchev–Trinajstić information content (AvgIpc) is 3.39. The number of nitrogens with zero attached hydrogens (tertiary/aromatic N) is 4. The standard InChI is InChI=1S/C26H25N5OS/c1-18-8-13-23(31(18)20-9-11-21(32-2)12-10-20)25-24(22-7-3-4-15-28-22)29-26(33)30(25)17-19-6-5-14-27-16-19/h3-16,24-25H,17H2,1-2H3,(H,29,33). The minimum Gasteiger partial charge on any atom is -0.497 e. The van der Waals surface area contributed by atoms with E-state index in [0.717, 1.165) is 34.1 Å². The summed E-state index contributed by atoms with van der Waals surface area (Å²) in [5, 5.41) is 4.24. The molecule has 1 fully saturated rings. The number of methoxy groups -OCH3 is 1. The maximum Gasteiger partial charge on any atom is 0.170 e. The quantitative estimate of drug-likeness (QED) is 0.423. The fourth-order valence-corrected chi connectivity index (χ4v) is 4.76. The van der Waals surface area contributed by atoms with E-state index in [2.05, 4.69) is 62.0 Å². The van der Waals surface area contributed by atoms with Gasteiger partial charge < -0.3 is 19.5 Å². The first-order valence-corrected chi connectivity index (χ1v) is 11.3. The molecular weight excluding hydrogens is 430 g/mol. The van der Waals surface area contributed by atoms with Crippen molar-refractivity contribution in [2.24, 2.45) is 0 Å². The number of aromatic nitrogens is 3. The Bertz CT molecular complexity index is 1240. The first-order valence-electron chi connectivity index (χ1n) is 10.9. The van der Waals surface area contributed by atoms with Crippen LogP contribution < -0.4 is 10.1 Å². The summed E-state index contributed by atoms with van der Waals surface area (Å²) in [4.78, 5) is 11.2. The van der Waals surface area contributed by atoms with Gasteiger partial charge in [-0.2, -0.15) is 0 Å². The number of aryl methyl sites for hydroxylation is 1. The van der Waals surface area contributed by atoms with Crippen molar-refractivity contribution in [3.63, 3.8) is 0 Å². The summed E-state index contributed by atoms with van der Waals surface area (Å²) in [6.45, 7) is 2.77. The van der Waals surface area contributed by atoms with Gasteiger partial charge in [0.2, 0.25) is 0 Å². The molecule has 1 aromatic carbocycles. The van der Waals surface area contributed by atoms with Crippen LogP contribution in [0.5, 0.6) is 5.75 Å². The van der Waals surface area contributed by atoms with Gasteiger partial charge in [-0.25, -0.2) is 0 Å². The van der Waals surface area contributed by atoms with Crippen LogP contribution in [-0.2, 0) is 6.54 Å². The molecule has 6 nitrogen and oxygen atoms in total. The lowest BCUT2D eigenvalue weighted by molar-refractivity contribution is 0.301. The smallest absolute Gasteiger partial charge is 0.170 e. The highest BCUT2D eigenvalue weighted by atomic mass is 32.1. The number of pyridine rings is 2. The zero-order valence-electron chi connectivity index (χ0n) is 18.6.